The molecule has 118 valence electrons. The fourth-order valence-corrected chi connectivity index (χ4v) is 1.57. The van der Waals surface area contributed by atoms with Crippen molar-refractivity contribution >= 4 is 11.7 Å². The van der Waals surface area contributed by atoms with Gasteiger partial charge in [-0.05, 0) is 24.5 Å². The third-order valence-corrected chi connectivity index (χ3v) is 2.66. The molecule has 7 heteroatoms. The molecule has 0 saturated heterocycles. The topological polar surface area (TPSA) is 59.6 Å². The molecule has 0 bridgehead atoms. The van der Waals surface area contributed by atoms with Crippen molar-refractivity contribution in [3.05, 3.63) is 18.2 Å². The fourth-order valence-electron chi connectivity index (χ4n) is 1.57. The Bertz CT molecular complexity index is 468. The average Bonchev–Trinajstić information content (AvgIpc) is 2.39. The van der Waals surface area contributed by atoms with Crippen LogP contribution in [0.4, 0.5) is 19.3 Å². The van der Waals surface area contributed by atoms with Crippen LogP contribution in [0.5, 0.6) is 11.5 Å². The maximum Gasteiger partial charge on any atom is 0.387 e. The molecule has 0 fully saturated rings. The van der Waals surface area contributed by atoms with E-state index < -0.39 is 12.6 Å². The zero-order chi connectivity index (χ0) is 15.8. The number of methoxy groups -OCH3 is 1. The molecule has 1 rings (SSSR count). The molecule has 0 radical (unpaired) electrons. The van der Waals surface area contributed by atoms with Crippen LogP contribution in [0.15, 0.2) is 18.2 Å². The minimum Gasteiger partial charge on any atom is -0.497 e. The van der Waals surface area contributed by atoms with E-state index >= 15 is 0 Å². The Labute approximate surface area is 122 Å². The minimum absolute atomic E-state index is 0.121. The van der Waals surface area contributed by atoms with E-state index in [1.807, 2.05) is 13.8 Å². The highest BCUT2D eigenvalue weighted by Crippen LogP contribution is 2.30. The Morgan fingerprint density at radius 2 is 2.05 bits per heavy atom. The van der Waals surface area contributed by atoms with Crippen molar-refractivity contribution in [2.24, 2.45) is 5.92 Å². The van der Waals surface area contributed by atoms with Gasteiger partial charge in [0.05, 0.1) is 12.8 Å². The third-order valence-electron chi connectivity index (χ3n) is 2.66. The van der Waals surface area contributed by atoms with Gasteiger partial charge in [-0.1, -0.05) is 13.8 Å². The summed E-state index contributed by atoms with van der Waals surface area (Å²) in [6.45, 7) is 1.60. The van der Waals surface area contributed by atoms with Crippen LogP contribution >= 0.6 is 0 Å². The lowest BCUT2D eigenvalue weighted by atomic mass is 10.1. The Kier molecular flexibility index (Phi) is 6.71. The minimum atomic E-state index is -2.97. The monoisotopic (exact) mass is 302 g/mol. The Hall–Kier alpha value is -2.05. The number of anilines is 1. The van der Waals surface area contributed by atoms with Crippen molar-refractivity contribution in [2.45, 2.75) is 26.9 Å². The number of rotatable bonds is 7. The second kappa shape index (κ2) is 8.28. The number of carbonyl (C=O) groups is 1. The van der Waals surface area contributed by atoms with E-state index in [2.05, 4.69) is 15.4 Å². The molecule has 0 aliphatic carbocycles. The van der Waals surface area contributed by atoms with E-state index in [0.29, 0.717) is 18.2 Å². The van der Waals surface area contributed by atoms with E-state index in [1.54, 1.807) is 0 Å². The van der Waals surface area contributed by atoms with Crippen LogP contribution in [0.3, 0.4) is 0 Å². The molecule has 2 amide bonds. The van der Waals surface area contributed by atoms with E-state index in [-0.39, 0.29) is 11.4 Å². The first-order chi connectivity index (χ1) is 9.92. The summed E-state index contributed by atoms with van der Waals surface area (Å²) >= 11 is 0. The van der Waals surface area contributed by atoms with Crippen molar-refractivity contribution in [1.82, 2.24) is 5.32 Å². The van der Waals surface area contributed by atoms with Gasteiger partial charge in [0.15, 0.2) is 0 Å². The first kappa shape index (κ1) is 17.0. The van der Waals surface area contributed by atoms with Crippen LogP contribution in [0.25, 0.3) is 0 Å². The van der Waals surface area contributed by atoms with Gasteiger partial charge in [-0.15, -0.1) is 0 Å². The maximum absolute atomic E-state index is 12.3. The number of amides is 2. The Morgan fingerprint density at radius 1 is 1.33 bits per heavy atom. The summed E-state index contributed by atoms with van der Waals surface area (Å²) in [5.74, 6) is 0.763. The van der Waals surface area contributed by atoms with Gasteiger partial charge < -0.3 is 20.1 Å². The van der Waals surface area contributed by atoms with E-state index in [0.717, 1.165) is 6.42 Å². The Balaban J connectivity index is 2.72. The van der Waals surface area contributed by atoms with Crippen molar-refractivity contribution in [3.63, 3.8) is 0 Å². The van der Waals surface area contributed by atoms with E-state index in [9.17, 15) is 13.6 Å². The quantitative estimate of drug-likeness (QED) is 0.811. The van der Waals surface area contributed by atoms with Crippen molar-refractivity contribution in [2.75, 3.05) is 19.0 Å². The molecule has 1 aromatic carbocycles. The lowest BCUT2D eigenvalue weighted by molar-refractivity contribution is -0.0493. The first-order valence-electron chi connectivity index (χ1n) is 6.60. The van der Waals surface area contributed by atoms with Gasteiger partial charge in [0.2, 0.25) is 0 Å². The van der Waals surface area contributed by atoms with E-state index in [4.69, 9.17) is 4.74 Å². The molecule has 2 N–H and O–H groups in total. The van der Waals surface area contributed by atoms with Crippen molar-refractivity contribution < 1.29 is 23.0 Å². The number of nitrogens with one attached hydrogen (secondary N) is 2. The van der Waals surface area contributed by atoms with Crippen LogP contribution in [-0.4, -0.2) is 26.3 Å². The maximum atomic E-state index is 12.3. The number of urea groups is 1. The zero-order valence-corrected chi connectivity index (χ0v) is 12.3. The second-order valence-corrected chi connectivity index (χ2v) is 4.80. The van der Waals surface area contributed by atoms with Gasteiger partial charge in [-0.2, -0.15) is 8.78 Å². The van der Waals surface area contributed by atoms with Crippen LogP contribution in [0.1, 0.15) is 20.3 Å². The number of hydrogen-bond acceptors (Lipinski definition) is 3. The number of ether oxygens (including phenoxy) is 2. The smallest absolute Gasteiger partial charge is 0.387 e. The molecule has 5 nitrogen and oxygen atoms in total. The number of benzene rings is 1. The number of alkyl halides is 2. The van der Waals surface area contributed by atoms with Crippen LogP contribution < -0.4 is 20.1 Å². The lowest BCUT2D eigenvalue weighted by Crippen LogP contribution is -2.30. The molecule has 0 heterocycles. The third kappa shape index (κ3) is 6.29. The van der Waals surface area contributed by atoms with Crippen molar-refractivity contribution in [1.29, 1.82) is 0 Å². The molecular formula is C14H20F2N2O3. The van der Waals surface area contributed by atoms with Gasteiger partial charge in [0.25, 0.3) is 0 Å². The summed E-state index contributed by atoms with van der Waals surface area (Å²) in [4.78, 5) is 11.7. The molecular weight excluding hydrogens is 282 g/mol. The fraction of sp³-hybridized carbons (Fsp3) is 0.500. The molecule has 21 heavy (non-hydrogen) atoms. The molecule has 0 saturated carbocycles. The van der Waals surface area contributed by atoms with Crippen LogP contribution in [0.2, 0.25) is 0 Å². The predicted octanol–water partition coefficient (Wildman–Crippen LogP) is 3.46. The molecule has 0 unspecified atom stereocenters. The normalized spacial score (nSPS) is 10.6. The molecule has 0 spiro atoms. The SMILES string of the molecule is COc1ccc(OC(F)F)c(NC(=O)NCCC(C)C)c1. The van der Waals surface area contributed by atoms with Crippen LogP contribution in [-0.2, 0) is 0 Å². The van der Waals surface area contributed by atoms with Gasteiger partial charge in [0, 0.05) is 12.6 Å². The summed E-state index contributed by atoms with van der Waals surface area (Å²) in [6, 6.07) is 3.72. The molecule has 0 aliphatic rings. The highest BCUT2D eigenvalue weighted by Gasteiger charge is 2.13. The molecule has 1 aromatic rings. The lowest BCUT2D eigenvalue weighted by Gasteiger charge is -2.14. The highest BCUT2D eigenvalue weighted by atomic mass is 19.3. The largest absolute Gasteiger partial charge is 0.497 e. The predicted molar refractivity (Wildman–Crippen MR) is 76.1 cm³/mol. The Morgan fingerprint density at radius 3 is 2.62 bits per heavy atom. The molecule has 0 atom stereocenters. The second-order valence-electron chi connectivity index (χ2n) is 4.80. The standard InChI is InChI=1S/C14H20F2N2O3/c1-9(2)6-7-17-14(19)18-11-8-10(20-3)4-5-12(11)21-13(15)16/h4-5,8-9,13H,6-7H2,1-3H3,(H2,17,18,19). The molecule has 0 aliphatic heterocycles. The van der Waals surface area contributed by atoms with Crippen molar-refractivity contribution in [3.8, 4) is 11.5 Å². The van der Waals surface area contributed by atoms with E-state index in [1.165, 1.54) is 25.3 Å². The summed E-state index contributed by atoms with van der Waals surface area (Å²) < 4.78 is 34.0. The molecule has 0 aromatic heterocycles. The summed E-state index contributed by atoms with van der Waals surface area (Å²) in [5.41, 5.74) is 0.122. The summed E-state index contributed by atoms with van der Waals surface area (Å²) in [5, 5.41) is 5.12. The van der Waals surface area contributed by atoms with Gasteiger partial charge in [-0.25, -0.2) is 4.79 Å². The van der Waals surface area contributed by atoms with Gasteiger partial charge in [0.1, 0.15) is 11.5 Å². The van der Waals surface area contributed by atoms with Gasteiger partial charge in [-0.3, -0.25) is 0 Å². The first-order valence-corrected chi connectivity index (χ1v) is 6.60. The number of hydrogen-bond donors (Lipinski definition) is 2. The summed E-state index contributed by atoms with van der Waals surface area (Å²) in [6.07, 6.45) is 0.825. The summed E-state index contributed by atoms with van der Waals surface area (Å²) in [7, 11) is 1.44. The number of halogens is 2. The average molecular weight is 302 g/mol. The van der Waals surface area contributed by atoms with Crippen LogP contribution in [0, 0.1) is 5.92 Å². The highest BCUT2D eigenvalue weighted by molar-refractivity contribution is 5.91. The number of carbonyl (C=O) groups excluding carboxylic acids is 1. The van der Waals surface area contributed by atoms with Gasteiger partial charge >= 0.3 is 12.6 Å². The zero-order valence-electron chi connectivity index (χ0n) is 12.3.